The van der Waals surface area contributed by atoms with Crippen LogP contribution in [0.25, 0.3) is 10.1 Å². The summed E-state index contributed by atoms with van der Waals surface area (Å²) < 4.78 is 29.1. The van der Waals surface area contributed by atoms with Gasteiger partial charge >= 0.3 is 0 Å². The Bertz CT molecular complexity index is 1640. The molecule has 3 amide bonds. The van der Waals surface area contributed by atoms with Crippen molar-refractivity contribution in [1.29, 1.82) is 0 Å². The van der Waals surface area contributed by atoms with E-state index in [1.54, 1.807) is 16.7 Å². The highest BCUT2D eigenvalue weighted by Crippen LogP contribution is 2.40. The number of benzene rings is 2. The van der Waals surface area contributed by atoms with Gasteiger partial charge in [0.05, 0.1) is 9.90 Å². The second-order valence-corrected chi connectivity index (χ2v) is 15.4. The minimum Gasteiger partial charge on any atom is -0.340 e. The van der Waals surface area contributed by atoms with Crippen LogP contribution < -0.4 is 5.32 Å². The smallest absolute Gasteiger partial charge is 0.262 e. The van der Waals surface area contributed by atoms with Crippen molar-refractivity contribution in [3.8, 4) is 0 Å². The predicted octanol–water partition coefficient (Wildman–Crippen LogP) is 4.88. The number of halogens is 2. The Morgan fingerprint density at radius 2 is 1.65 bits per heavy atom. The fourth-order valence-corrected chi connectivity index (χ4v) is 9.13. The predicted molar refractivity (Wildman–Crippen MR) is 169 cm³/mol. The number of piperazine rings is 1. The first-order chi connectivity index (χ1) is 20.3. The van der Waals surface area contributed by atoms with Gasteiger partial charge in [0, 0.05) is 42.4 Å². The van der Waals surface area contributed by atoms with Crippen molar-refractivity contribution in [2.45, 2.75) is 50.1 Å². The summed E-state index contributed by atoms with van der Waals surface area (Å²) in [4.78, 5) is 44.2. The second kappa shape index (κ2) is 12.4. The molecule has 0 spiro atoms. The van der Waals surface area contributed by atoms with Crippen LogP contribution in [-0.2, 0) is 19.6 Å². The lowest BCUT2D eigenvalue weighted by molar-refractivity contribution is -0.150. The van der Waals surface area contributed by atoms with Crippen molar-refractivity contribution < 1.29 is 22.8 Å². The largest absolute Gasteiger partial charge is 0.340 e. The van der Waals surface area contributed by atoms with Crippen molar-refractivity contribution in [3.05, 3.63) is 63.5 Å². The maximum atomic E-state index is 13.7. The van der Waals surface area contributed by atoms with Crippen molar-refractivity contribution in [3.63, 3.8) is 0 Å². The zero-order valence-corrected chi connectivity index (χ0v) is 27.3. The molecule has 2 aromatic carbocycles. The quantitative estimate of drug-likeness (QED) is 0.370. The summed E-state index contributed by atoms with van der Waals surface area (Å²) in [5.41, 5.74) is -1.26. The molecule has 2 aliphatic heterocycles. The van der Waals surface area contributed by atoms with E-state index in [0.29, 0.717) is 22.7 Å². The number of sulfonamides is 1. The molecule has 0 saturated carbocycles. The molecule has 2 saturated heterocycles. The number of carbonyl (C=O) groups is 3. The van der Waals surface area contributed by atoms with Gasteiger partial charge in [0.2, 0.25) is 21.8 Å². The fraction of sp³-hybridized carbons (Fsp3) is 0.433. The molecular weight excluding hydrogens is 631 g/mol. The number of fused-ring (bicyclic) bond motifs is 1. The number of nitrogens with zero attached hydrogens (tertiary/aromatic N) is 3. The summed E-state index contributed by atoms with van der Waals surface area (Å²) in [6.45, 7) is 6.90. The number of carbonyl (C=O) groups excluding carboxylic acids is 3. The van der Waals surface area contributed by atoms with Gasteiger partial charge in [0.25, 0.3) is 5.91 Å². The summed E-state index contributed by atoms with van der Waals surface area (Å²) in [5, 5.41) is 4.24. The zero-order valence-electron chi connectivity index (χ0n) is 24.2. The van der Waals surface area contributed by atoms with Gasteiger partial charge in [0.15, 0.2) is 0 Å². The third-order valence-corrected chi connectivity index (χ3v) is 12.0. The van der Waals surface area contributed by atoms with Crippen molar-refractivity contribution in [2.24, 2.45) is 5.92 Å². The first-order valence-electron chi connectivity index (χ1n) is 14.2. The van der Waals surface area contributed by atoms with Gasteiger partial charge in [-0.3, -0.25) is 14.4 Å². The summed E-state index contributed by atoms with van der Waals surface area (Å²) in [7, 11) is -4.04. The number of thiophene rings is 1. The van der Waals surface area contributed by atoms with Gasteiger partial charge in [-0.25, -0.2) is 8.42 Å². The minimum atomic E-state index is -4.04. The van der Waals surface area contributed by atoms with Crippen LogP contribution in [0, 0.1) is 5.92 Å². The summed E-state index contributed by atoms with van der Waals surface area (Å²) in [5.74, 6) is -0.614. The van der Waals surface area contributed by atoms with Gasteiger partial charge < -0.3 is 15.1 Å². The second-order valence-electron chi connectivity index (χ2n) is 11.6. The Hall–Kier alpha value is -2.70. The van der Waals surface area contributed by atoms with E-state index >= 15 is 0 Å². The Kier molecular flexibility index (Phi) is 9.12. The molecule has 2 aliphatic rings. The maximum Gasteiger partial charge on any atom is 0.262 e. The van der Waals surface area contributed by atoms with Crippen LogP contribution >= 0.6 is 34.5 Å². The first-order valence-corrected chi connectivity index (χ1v) is 17.2. The Morgan fingerprint density at radius 3 is 2.26 bits per heavy atom. The molecule has 13 heteroatoms. The number of hydrogen-bond acceptors (Lipinski definition) is 6. The fourth-order valence-electron chi connectivity index (χ4n) is 5.65. The van der Waals surface area contributed by atoms with Gasteiger partial charge in [-0.15, -0.1) is 11.3 Å². The molecule has 9 nitrogen and oxygen atoms in total. The molecule has 5 rings (SSSR count). The number of rotatable bonds is 8. The average molecular weight is 666 g/mol. The number of amides is 3. The van der Waals surface area contributed by atoms with Crippen LogP contribution in [-0.4, -0.2) is 84.5 Å². The topological polar surface area (TPSA) is 107 Å². The highest BCUT2D eigenvalue weighted by Gasteiger charge is 2.55. The van der Waals surface area contributed by atoms with E-state index < -0.39 is 21.6 Å². The maximum absolute atomic E-state index is 13.7. The molecule has 0 unspecified atom stereocenters. The minimum absolute atomic E-state index is 0.00304. The number of hydrogen-bond donors (Lipinski definition) is 1. The van der Waals surface area contributed by atoms with Crippen molar-refractivity contribution in [1.82, 2.24) is 19.4 Å². The van der Waals surface area contributed by atoms with Crippen LogP contribution in [0.5, 0.6) is 0 Å². The molecular formula is C30H34Cl2N4O5S2. The molecule has 230 valence electrons. The van der Waals surface area contributed by atoms with Crippen LogP contribution in [0.2, 0.25) is 10.0 Å². The van der Waals surface area contributed by atoms with E-state index in [-0.39, 0.29) is 66.3 Å². The first kappa shape index (κ1) is 31.7. The molecule has 1 N–H and O–H groups in total. The van der Waals surface area contributed by atoms with E-state index in [9.17, 15) is 22.8 Å². The summed E-state index contributed by atoms with van der Waals surface area (Å²) in [6.07, 6.45) is 0.850. The molecule has 0 bridgehead atoms. The molecule has 0 radical (unpaired) electrons. The molecule has 2 fully saturated rings. The summed E-state index contributed by atoms with van der Waals surface area (Å²) >= 11 is 13.5. The lowest BCUT2D eigenvalue weighted by Gasteiger charge is -2.50. The van der Waals surface area contributed by atoms with E-state index in [2.05, 4.69) is 5.32 Å². The third kappa shape index (κ3) is 6.28. The van der Waals surface area contributed by atoms with Gasteiger partial charge in [0.1, 0.15) is 16.5 Å². The molecule has 3 heterocycles. The van der Waals surface area contributed by atoms with Gasteiger partial charge in [-0.2, -0.15) is 4.31 Å². The van der Waals surface area contributed by atoms with E-state index in [4.69, 9.17) is 23.2 Å². The highest BCUT2D eigenvalue weighted by atomic mass is 35.5. The monoisotopic (exact) mass is 664 g/mol. The lowest BCUT2D eigenvalue weighted by Crippen LogP contribution is -2.69. The third-order valence-electron chi connectivity index (χ3n) is 8.11. The van der Waals surface area contributed by atoms with Crippen LogP contribution in [0.15, 0.2) is 53.4 Å². The Morgan fingerprint density at radius 1 is 0.977 bits per heavy atom. The SMILES string of the molecule is CC(C)C[C@H](NC(=O)c1cc2ccccc2s1)C(=O)N1CCN(C(=O)[C@@]2(C)CCN2S(=O)(=O)c2ccc(Cl)cc2Cl)CC1. The molecule has 2 atom stereocenters. The molecule has 0 aliphatic carbocycles. The highest BCUT2D eigenvalue weighted by molar-refractivity contribution is 7.89. The lowest BCUT2D eigenvalue weighted by atomic mass is 9.88. The Labute approximate surface area is 265 Å². The number of nitrogens with one attached hydrogen (secondary N) is 1. The average Bonchev–Trinajstić information content (AvgIpc) is 3.39. The van der Waals surface area contributed by atoms with Gasteiger partial charge in [-0.1, -0.05) is 55.2 Å². The zero-order chi connectivity index (χ0) is 31.1. The standard InChI is InChI=1S/C30H34Cl2N4O5S2/c1-19(2)16-23(33-27(37)25-17-20-6-4-5-7-24(20)42-25)28(38)34-12-14-35(15-13-34)29(39)30(3)10-11-36(30)43(40,41)26-9-8-21(31)18-22(26)32/h4-9,17-19,23H,10-16H2,1-3H3,(H,33,37)/t23-,30+/m0/s1. The van der Waals surface area contributed by atoms with Crippen LogP contribution in [0.1, 0.15) is 43.3 Å². The van der Waals surface area contributed by atoms with Crippen LogP contribution in [0.4, 0.5) is 0 Å². The van der Waals surface area contributed by atoms with Crippen molar-refractivity contribution in [2.75, 3.05) is 32.7 Å². The Balaban J connectivity index is 1.23. The molecule has 1 aromatic heterocycles. The van der Waals surface area contributed by atoms with Gasteiger partial charge in [-0.05, 0) is 61.4 Å². The van der Waals surface area contributed by atoms with E-state index in [0.717, 1.165) is 10.1 Å². The normalized spacial score (nSPS) is 20.2. The van der Waals surface area contributed by atoms with E-state index in [1.165, 1.54) is 33.8 Å². The van der Waals surface area contributed by atoms with E-state index in [1.807, 2.05) is 44.2 Å². The summed E-state index contributed by atoms with van der Waals surface area (Å²) in [6, 6.07) is 13.1. The molecule has 3 aromatic rings. The van der Waals surface area contributed by atoms with Crippen LogP contribution in [0.3, 0.4) is 0 Å². The van der Waals surface area contributed by atoms with Crippen molar-refractivity contribution >= 4 is 72.4 Å². The molecule has 43 heavy (non-hydrogen) atoms.